The number of hydrogen-bond donors (Lipinski definition) is 1. The van der Waals surface area contributed by atoms with E-state index in [4.69, 9.17) is 10.5 Å². The van der Waals surface area contributed by atoms with Crippen LogP contribution in [0.4, 0.5) is 5.00 Å². The normalized spacial score (nSPS) is 25.2. The third-order valence-electron chi connectivity index (χ3n) is 7.72. The number of ketones is 1. The summed E-state index contributed by atoms with van der Waals surface area (Å²) in [5, 5.41) is 0.489. The molecule has 1 aromatic heterocycles. The van der Waals surface area contributed by atoms with Gasteiger partial charge in [0.2, 0.25) is 5.91 Å². The molecule has 3 saturated heterocycles. The smallest absolute Gasteiger partial charge is 0.257 e. The number of hydrogen-bond acceptors (Lipinski definition) is 7. The molecule has 0 spiro atoms. The van der Waals surface area contributed by atoms with Gasteiger partial charge in [0.25, 0.3) is 5.91 Å². The highest BCUT2D eigenvalue weighted by Gasteiger charge is 2.36. The van der Waals surface area contributed by atoms with Crippen LogP contribution < -0.4 is 5.73 Å². The van der Waals surface area contributed by atoms with Crippen LogP contribution in [0.5, 0.6) is 0 Å². The maximum absolute atomic E-state index is 13.3. The number of nitrogen functional groups attached to an aromatic ring is 1. The molecule has 0 saturated carbocycles. The number of ether oxygens (including phenoxy) is 1. The second-order valence-corrected chi connectivity index (χ2v) is 10.8. The number of likely N-dealkylation sites (tertiary alicyclic amines) is 2. The highest BCUT2D eigenvalue weighted by molar-refractivity contribution is 7.18. The number of rotatable bonds is 3. The average molecular weight is 475 g/mol. The average Bonchev–Trinajstić information content (AvgIpc) is 3.21. The standard InChI is InChI=1S/C24H34N4O4S/c25-22-20(18-4-1-5-19(29)21(18)33-22)24(31)26-9-6-17(7-10-26)28-8-2-3-16(15-28)23(30)27-11-13-32-14-12-27/h16-17H,1-15,25H2. The zero-order valence-corrected chi connectivity index (χ0v) is 20.0. The molecule has 2 N–H and O–H groups in total. The van der Waals surface area contributed by atoms with Crippen LogP contribution in [0, 0.1) is 5.92 Å². The molecule has 0 aromatic carbocycles. The maximum atomic E-state index is 13.3. The lowest BCUT2D eigenvalue weighted by atomic mass is 9.92. The summed E-state index contributed by atoms with van der Waals surface area (Å²) in [6.07, 6.45) is 5.95. The Kier molecular flexibility index (Phi) is 6.72. The molecule has 0 radical (unpaired) electrons. The molecule has 4 aliphatic rings. The monoisotopic (exact) mass is 474 g/mol. The first-order valence-corrected chi connectivity index (χ1v) is 13.2. The van der Waals surface area contributed by atoms with E-state index in [9.17, 15) is 14.4 Å². The highest BCUT2D eigenvalue weighted by Crippen LogP contribution is 2.37. The van der Waals surface area contributed by atoms with Crippen LogP contribution in [0.15, 0.2) is 0 Å². The number of thiophene rings is 1. The summed E-state index contributed by atoms with van der Waals surface area (Å²) in [7, 11) is 0. The van der Waals surface area contributed by atoms with Gasteiger partial charge in [0.1, 0.15) is 0 Å². The number of morpholine rings is 1. The van der Waals surface area contributed by atoms with Crippen molar-refractivity contribution in [3.05, 3.63) is 16.0 Å². The van der Waals surface area contributed by atoms with E-state index in [1.807, 2.05) is 9.80 Å². The second kappa shape index (κ2) is 9.72. The zero-order chi connectivity index (χ0) is 22.9. The van der Waals surface area contributed by atoms with Crippen LogP contribution in [0.1, 0.15) is 64.1 Å². The van der Waals surface area contributed by atoms with Crippen molar-refractivity contribution in [1.29, 1.82) is 0 Å². The van der Waals surface area contributed by atoms with E-state index in [0.717, 1.165) is 57.2 Å². The number of carbonyl (C=O) groups is 3. The SMILES string of the molecule is Nc1sc2c(c1C(=O)N1CCC(N3CCCC(C(=O)N4CCOCC4)C3)CC1)CCCC2=O. The second-order valence-electron chi connectivity index (χ2n) is 9.72. The summed E-state index contributed by atoms with van der Waals surface area (Å²) in [4.78, 5) is 45.6. The van der Waals surface area contributed by atoms with E-state index in [1.54, 1.807) is 0 Å². The van der Waals surface area contributed by atoms with Crippen molar-refractivity contribution in [2.24, 2.45) is 5.92 Å². The van der Waals surface area contributed by atoms with Crippen molar-refractivity contribution in [3.8, 4) is 0 Å². The summed E-state index contributed by atoms with van der Waals surface area (Å²) in [6, 6.07) is 0.407. The summed E-state index contributed by atoms with van der Waals surface area (Å²) < 4.78 is 5.39. The Bertz CT molecular complexity index is 918. The lowest BCUT2D eigenvalue weighted by molar-refractivity contribution is -0.141. The summed E-state index contributed by atoms with van der Waals surface area (Å²) in [5.41, 5.74) is 7.66. The molecule has 5 rings (SSSR count). The van der Waals surface area contributed by atoms with Gasteiger partial charge in [-0.1, -0.05) is 0 Å². The molecule has 0 bridgehead atoms. The minimum atomic E-state index is -0.0165. The fourth-order valence-electron chi connectivity index (χ4n) is 5.90. The number of nitrogens with zero attached hydrogens (tertiary/aromatic N) is 3. The predicted molar refractivity (Wildman–Crippen MR) is 127 cm³/mol. The molecule has 1 aromatic rings. The molecule has 1 atom stereocenters. The Balaban J connectivity index is 1.19. The molecule has 8 nitrogen and oxygen atoms in total. The first-order chi connectivity index (χ1) is 16.0. The fourth-order valence-corrected chi connectivity index (χ4v) is 6.97. The van der Waals surface area contributed by atoms with Crippen LogP contribution in [-0.2, 0) is 16.0 Å². The summed E-state index contributed by atoms with van der Waals surface area (Å²) in [6.45, 7) is 5.93. The molecular weight excluding hydrogens is 440 g/mol. The van der Waals surface area contributed by atoms with Gasteiger partial charge in [0, 0.05) is 45.2 Å². The van der Waals surface area contributed by atoms with E-state index >= 15 is 0 Å². The van der Waals surface area contributed by atoms with Gasteiger partial charge in [0.15, 0.2) is 5.78 Å². The van der Waals surface area contributed by atoms with Gasteiger partial charge < -0.3 is 20.3 Å². The molecule has 2 amide bonds. The number of nitrogens with two attached hydrogens (primary N) is 1. The van der Waals surface area contributed by atoms with Crippen LogP contribution in [-0.4, -0.2) is 90.8 Å². The van der Waals surface area contributed by atoms with Crippen LogP contribution in [0.2, 0.25) is 0 Å². The zero-order valence-electron chi connectivity index (χ0n) is 19.2. The Hall–Kier alpha value is -1.97. The third kappa shape index (κ3) is 4.55. The molecule has 3 fully saturated rings. The Morgan fingerprint density at radius 2 is 1.70 bits per heavy atom. The Morgan fingerprint density at radius 1 is 0.939 bits per heavy atom. The first-order valence-electron chi connectivity index (χ1n) is 12.4. The molecule has 3 aliphatic heterocycles. The number of piperidine rings is 2. The van der Waals surface area contributed by atoms with Gasteiger partial charge in [-0.25, -0.2) is 0 Å². The number of Topliss-reactive ketones (excluding diaryl/α,β-unsaturated/α-hetero) is 1. The topological polar surface area (TPSA) is 96.2 Å². The van der Waals surface area contributed by atoms with Gasteiger partial charge in [-0.05, 0) is 50.6 Å². The van der Waals surface area contributed by atoms with Crippen molar-refractivity contribution in [3.63, 3.8) is 0 Å². The Labute approximate surface area is 199 Å². The lowest BCUT2D eigenvalue weighted by Crippen LogP contribution is -2.53. The first kappa shape index (κ1) is 22.8. The van der Waals surface area contributed by atoms with E-state index in [1.165, 1.54) is 11.3 Å². The maximum Gasteiger partial charge on any atom is 0.257 e. The quantitative estimate of drug-likeness (QED) is 0.720. The number of amides is 2. The van der Waals surface area contributed by atoms with Crippen LogP contribution in [0.25, 0.3) is 0 Å². The third-order valence-corrected chi connectivity index (χ3v) is 8.83. The predicted octanol–water partition coefficient (Wildman–Crippen LogP) is 2.02. The molecular formula is C24H34N4O4S. The molecule has 4 heterocycles. The van der Waals surface area contributed by atoms with Gasteiger partial charge in [0.05, 0.1) is 34.6 Å². The number of fused-ring (bicyclic) bond motifs is 1. The Morgan fingerprint density at radius 3 is 2.45 bits per heavy atom. The van der Waals surface area contributed by atoms with Gasteiger partial charge in [-0.2, -0.15) is 0 Å². The minimum Gasteiger partial charge on any atom is -0.390 e. The van der Waals surface area contributed by atoms with Crippen LogP contribution in [0.3, 0.4) is 0 Å². The van der Waals surface area contributed by atoms with E-state index in [-0.39, 0.29) is 23.5 Å². The molecule has 33 heavy (non-hydrogen) atoms. The fraction of sp³-hybridized carbons (Fsp3) is 0.708. The number of anilines is 1. The summed E-state index contributed by atoms with van der Waals surface area (Å²) >= 11 is 1.28. The molecule has 9 heteroatoms. The van der Waals surface area contributed by atoms with Crippen molar-refractivity contribution in [2.75, 3.05) is 58.2 Å². The molecule has 1 aliphatic carbocycles. The largest absolute Gasteiger partial charge is 0.390 e. The molecule has 1 unspecified atom stereocenters. The highest BCUT2D eigenvalue weighted by atomic mass is 32.1. The van der Waals surface area contributed by atoms with Gasteiger partial charge >= 0.3 is 0 Å². The van der Waals surface area contributed by atoms with Crippen molar-refractivity contribution >= 4 is 33.9 Å². The van der Waals surface area contributed by atoms with Gasteiger partial charge in [-0.3, -0.25) is 19.3 Å². The minimum absolute atomic E-state index is 0.0165. The van der Waals surface area contributed by atoms with E-state index < -0.39 is 0 Å². The van der Waals surface area contributed by atoms with E-state index in [0.29, 0.717) is 67.3 Å². The summed E-state index contributed by atoms with van der Waals surface area (Å²) in [5.74, 6) is 0.461. The van der Waals surface area contributed by atoms with Gasteiger partial charge in [-0.15, -0.1) is 11.3 Å². The number of carbonyl (C=O) groups excluding carboxylic acids is 3. The van der Waals surface area contributed by atoms with Crippen LogP contribution >= 0.6 is 11.3 Å². The van der Waals surface area contributed by atoms with Crippen molar-refractivity contribution < 1.29 is 19.1 Å². The lowest BCUT2D eigenvalue weighted by Gasteiger charge is -2.43. The van der Waals surface area contributed by atoms with Crippen molar-refractivity contribution in [2.45, 2.75) is 51.0 Å². The van der Waals surface area contributed by atoms with Crippen molar-refractivity contribution in [1.82, 2.24) is 14.7 Å². The molecule has 180 valence electrons. The van der Waals surface area contributed by atoms with E-state index in [2.05, 4.69) is 4.90 Å².